The third-order valence-corrected chi connectivity index (χ3v) is 4.70. The van der Waals surface area contributed by atoms with Crippen molar-refractivity contribution >= 4 is 0 Å². The van der Waals surface area contributed by atoms with E-state index in [1.165, 1.54) is 11.6 Å². The van der Waals surface area contributed by atoms with Crippen LogP contribution in [0.2, 0.25) is 0 Å². The first kappa shape index (κ1) is 19.3. The molecule has 3 aromatic rings. The molecule has 142 valence electrons. The summed E-state index contributed by atoms with van der Waals surface area (Å²) in [5, 5.41) is 4.20. The fraction of sp³-hybridized carbons (Fsp3) is 0.318. The second-order valence-corrected chi connectivity index (χ2v) is 6.69. The summed E-state index contributed by atoms with van der Waals surface area (Å²) < 4.78 is 22.2. The highest BCUT2D eigenvalue weighted by Crippen LogP contribution is 2.27. The number of hydrogen-bond acceptors (Lipinski definition) is 3. The van der Waals surface area contributed by atoms with Gasteiger partial charge < -0.3 is 9.64 Å². The van der Waals surface area contributed by atoms with Gasteiger partial charge in [0.15, 0.2) is 0 Å². The van der Waals surface area contributed by atoms with E-state index in [0.29, 0.717) is 12.2 Å². The molecule has 5 heteroatoms. The molecule has 0 aliphatic carbocycles. The van der Waals surface area contributed by atoms with Gasteiger partial charge in [0, 0.05) is 31.9 Å². The van der Waals surface area contributed by atoms with Gasteiger partial charge in [-0.25, -0.2) is 4.39 Å². The number of nitrogens with zero attached hydrogens (tertiary/aromatic N) is 3. The van der Waals surface area contributed by atoms with Crippen molar-refractivity contribution in [1.82, 2.24) is 14.7 Å². The van der Waals surface area contributed by atoms with E-state index >= 15 is 0 Å². The van der Waals surface area contributed by atoms with E-state index in [0.717, 1.165) is 25.2 Å². The van der Waals surface area contributed by atoms with Crippen molar-refractivity contribution in [3.05, 3.63) is 89.5 Å². The zero-order valence-electron chi connectivity index (χ0n) is 15.9. The highest BCUT2D eigenvalue weighted by atomic mass is 19.1. The predicted molar refractivity (Wildman–Crippen MR) is 105 cm³/mol. The van der Waals surface area contributed by atoms with Crippen LogP contribution in [0.1, 0.15) is 22.9 Å². The van der Waals surface area contributed by atoms with Gasteiger partial charge in [0.1, 0.15) is 11.9 Å². The van der Waals surface area contributed by atoms with Gasteiger partial charge in [-0.05, 0) is 31.2 Å². The fourth-order valence-corrected chi connectivity index (χ4v) is 3.07. The molecule has 0 amide bonds. The second kappa shape index (κ2) is 9.44. The highest BCUT2D eigenvalue weighted by molar-refractivity contribution is 5.27. The van der Waals surface area contributed by atoms with Crippen LogP contribution in [0.25, 0.3) is 0 Å². The molecule has 4 nitrogen and oxygen atoms in total. The van der Waals surface area contributed by atoms with Crippen molar-refractivity contribution in [3.8, 4) is 0 Å². The van der Waals surface area contributed by atoms with Gasteiger partial charge in [0.2, 0.25) is 0 Å². The van der Waals surface area contributed by atoms with Crippen molar-refractivity contribution in [2.75, 3.05) is 26.7 Å². The normalized spacial score (nSPS) is 12.4. The van der Waals surface area contributed by atoms with E-state index in [9.17, 15) is 4.39 Å². The van der Waals surface area contributed by atoms with E-state index in [2.05, 4.69) is 41.3 Å². The quantitative estimate of drug-likeness (QED) is 0.576. The Morgan fingerprint density at radius 1 is 1.04 bits per heavy atom. The highest BCUT2D eigenvalue weighted by Gasteiger charge is 2.21. The van der Waals surface area contributed by atoms with E-state index in [1.807, 2.05) is 25.2 Å². The molecular weight excluding hydrogens is 341 g/mol. The molecule has 0 saturated carbocycles. The molecular formula is C22H26FN3O. The SMILES string of the molecule is CN(CCOC(c1ccccc1F)c1ccnn1C)CCc1ccccc1. The molecule has 27 heavy (non-hydrogen) atoms. The molecule has 0 fully saturated rings. The molecule has 0 bridgehead atoms. The van der Waals surface area contributed by atoms with Crippen molar-refractivity contribution in [1.29, 1.82) is 0 Å². The summed E-state index contributed by atoms with van der Waals surface area (Å²) in [6.45, 7) is 2.23. The summed E-state index contributed by atoms with van der Waals surface area (Å²) in [6.07, 6.45) is 2.23. The number of aromatic nitrogens is 2. The lowest BCUT2D eigenvalue weighted by atomic mass is 10.1. The first-order chi connectivity index (χ1) is 13.1. The number of rotatable bonds is 9. The minimum Gasteiger partial charge on any atom is -0.366 e. The maximum absolute atomic E-state index is 14.3. The van der Waals surface area contributed by atoms with Gasteiger partial charge in [-0.1, -0.05) is 48.5 Å². The Balaban J connectivity index is 1.59. The number of halogens is 1. The van der Waals surface area contributed by atoms with Crippen molar-refractivity contribution in [2.45, 2.75) is 12.5 Å². The van der Waals surface area contributed by atoms with E-state index in [-0.39, 0.29) is 5.82 Å². The summed E-state index contributed by atoms with van der Waals surface area (Å²) in [4.78, 5) is 2.23. The van der Waals surface area contributed by atoms with Crippen LogP contribution in [0.5, 0.6) is 0 Å². The number of aryl methyl sites for hydroxylation is 1. The lowest BCUT2D eigenvalue weighted by molar-refractivity contribution is 0.0582. The number of ether oxygens (including phenoxy) is 1. The third-order valence-electron chi connectivity index (χ3n) is 4.70. The van der Waals surface area contributed by atoms with Crippen LogP contribution in [0.15, 0.2) is 66.9 Å². The summed E-state index contributed by atoms with van der Waals surface area (Å²) in [5.41, 5.74) is 2.70. The van der Waals surface area contributed by atoms with E-state index in [1.54, 1.807) is 23.0 Å². The average Bonchev–Trinajstić information content (AvgIpc) is 3.11. The minimum absolute atomic E-state index is 0.263. The zero-order chi connectivity index (χ0) is 19.1. The third kappa shape index (κ3) is 5.25. The first-order valence-corrected chi connectivity index (χ1v) is 9.21. The molecule has 0 radical (unpaired) electrons. The molecule has 1 heterocycles. The monoisotopic (exact) mass is 367 g/mol. The molecule has 1 atom stereocenters. The topological polar surface area (TPSA) is 30.3 Å². The van der Waals surface area contributed by atoms with Crippen LogP contribution in [-0.2, 0) is 18.2 Å². The Hall–Kier alpha value is -2.50. The summed E-state index contributed by atoms with van der Waals surface area (Å²) in [6, 6.07) is 19.1. The van der Waals surface area contributed by atoms with Crippen LogP contribution in [0.3, 0.4) is 0 Å². The van der Waals surface area contributed by atoms with Gasteiger partial charge >= 0.3 is 0 Å². The lowest BCUT2D eigenvalue weighted by Gasteiger charge is -2.22. The second-order valence-electron chi connectivity index (χ2n) is 6.69. The fourth-order valence-electron chi connectivity index (χ4n) is 3.07. The molecule has 1 aromatic heterocycles. The maximum atomic E-state index is 14.3. The number of benzene rings is 2. The van der Waals surface area contributed by atoms with Gasteiger partial charge in [-0.15, -0.1) is 0 Å². The predicted octanol–water partition coefficient (Wildman–Crippen LogP) is 3.84. The van der Waals surface area contributed by atoms with Crippen LogP contribution in [0, 0.1) is 5.82 Å². The van der Waals surface area contributed by atoms with E-state index < -0.39 is 6.10 Å². The summed E-state index contributed by atoms with van der Waals surface area (Å²) in [5.74, 6) is -0.263. The summed E-state index contributed by atoms with van der Waals surface area (Å²) in [7, 11) is 3.92. The largest absolute Gasteiger partial charge is 0.366 e. The molecule has 2 aromatic carbocycles. The van der Waals surface area contributed by atoms with Crippen LogP contribution >= 0.6 is 0 Å². The Morgan fingerprint density at radius 3 is 2.48 bits per heavy atom. The molecule has 0 aliphatic heterocycles. The van der Waals surface area contributed by atoms with Gasteiger partial charge in [-0.3, -0.25) is 4.68 Å². The lowest BCUT2D eigenvalue weighted by Crippen LogP contribution is -2.26. The van der Waals surface area contributed by atoms with Crippen LogP contribution < -0.4 is 0 Å². The smallest absolute Gasteiger partial charge is 0.129 e. The Kier molecular flexibility index (Phi) is 6.74. The number of likely N-dealkylation sites (N-methyl/N-ethyl adjacent to an activating group) is 1. The summed E-state index contributed by atoms with van der Waals surface area (Å²) >= 11 is 0. The average molecular weight is 367 g/mol. The standard InChI is InChI=1S/C22H26FN3O/c1-25(15-13-18-8-4-3-5-9-18)16-17-27-22(21-12-14-24-26(21)2)19-10-6-7-11-20(19)23/h3-12,14,22H,13,15-17H2,1-2H3. The molecule has 1 unspecified atom stereocenters. The molecule has 0 saturated heterocycles. The zero-order valence-corrected chi connectivity index (χ0v) is 15.9. The van der Waals surface area contributed by atoms with Crippen molar-refractivity contribution < 1.29 is 9.13 Å². The Labute approximate surface area is 160 Å². The van der Waals surface area contributed by atoms with Gasteiger partial charge in [0.25, 0.3) is 0 Å². The molecule has 0 aliphatic rings. The number of hydrogen-bond donors (Lipinski definition) is 0. The van der Waals surface area contributed by atoms with Crippen molar-refractivity contribution in [3.63, 3.8) is 0 Å². The molecule has 3 rings (SSSR count). The Bertz CT molecular complexity index is 834. The minimum atomic E-state index is -0.471. The van der Waals surface area contributed by atoms with Gasteiger partial charge in [-0.2, -0.15) is 5.10 Å². The maximum Gasteiger partial charge on any atom is 0.129 e. The molecule has 0 N–H and O–H groups in total. The molecule has 0 spiro atoms. The van der Waals surface area contributed by atoms with Crippen LogP contribution in [-0.4, -0.2) is 41.4 Å². The van der Waals surface area contributed by atoms with Crippen molar-refractivity contribution in [2.24, 2.45) is 7.05 Å². The van der Waals surface area contributed by atoms with Crippen LogP contribution in [0.4, 0.5) is 4.39 Å². The van der Waals surface area contributed by atoms with E-state index in [4.69, 9.17) is 4.74 Å². The first-order valence-electron chi connectivity index (χ1n) is 9.21. The van der Waals surface area contributed by atoms with Gasteiger partial charge in [0.05, 0.1) is 12.3 Å². The Morgan fingerprint density at radius 2 is 1.78 bits per heavy atom.